The van der Waals surface area contributed by atoms with Gasteiger partial charge in [-0.25, -0.2) is 0 Å². The van der Waals surface area contributed by atoms with E-state index in [0.29, 0.717) is 0 Å². The number of anilines is 3. The molecule has 0 radical (unpaired) electrons. The second kappa shape index (κ2) is 24.2. The Morgan fingerprint density at radius 3 is 1.27 bits per heavy atom. The van der Waals surface area contributed by atoms with Crippen LogP contribution in [0.1, 0.15) is 116 Å². The van der Waals surface area contributed by atoms with E-state index < -0.39 is 0 Å². The minimum atomic E-state index is -0.103. The van der Waals surface area contributed by atoms with Crippen molar-refractivity contribution in [2.24, 2.45) is 0 Å². The van der Waals surface area contributed by atoms with Crippen molar-refractivity contribution < 1.29 is 50.9 Å². The molecule has 6 aliphatic heterocycles. The van der Waals surface area contributed by atoms with Crippen LogP contribution in [0.15, 0.2) is 185 Å². The lowest BCUT2D eigenvalue weighted by molar-refractivity contribution is -0.401. The molecule has 0 N–H and O–H groups in total. The topological polar surface area (TPSA) is 18.8 Å². The third-order valence-electron chi connectivity index (χ3n) is 20.6. The zero-order valence-corrected chi connectivity index (χ0v) is 62.4. The highest BCUT2D eigenvalue weighted by atomic mass is 127. The van der Waals surface area contributed by atoms with Crippen LogP contribution in [0.5, 0.6) is 0 Å². The van der Waals surface area contributed by atoms with Gasteiger partial charge in [0.05, 0.1) is 16.2 Å². The van der Waals surface area contributed by atoms with Gasteiger partial charge in [-0.15, -0.1) is 0 Å². The molecule has 0 aliphatic carbocycles. The van der Waals surface area contributed by atoms with E-state index in [0.717, 1.165) is 14.5 Å². The minimum absolute atomic E-state index is 0. The molecule has 0 fully saturated rings. The molecule has 8 aromatic carbocycles. The summed E-state index contributed by atoms with van der Waals surface area (Å²) in [7, 11) is 13.1. The van der Waals surface area contributed by atoms with Crippen LogP contribution >= 0.6 is 61.7 Å². The van der Waals surface area contributed by atoms with Crippen molar-refractivity contribution in [2.45, 2.75) is 116 Å². The summed E-state index contributed by atoms with van der Waals surface area (Å²) in [4.78, 5) is 7.02. The summed E-state index contributed by atoms with van der Waals surface area (Å²) in [5.74, 6) is 0. The van der Waals surface area contributed by atoms with Crippen molar-refractivity contribution in [1.29, 1.82) is 0 Å². The number of hydrogen-bond acceptors (Lipinski definition) is 3. The lowest BCUT2D eigenvalue weighted by Gasteiger charge is -2.26. The first-order valence-electron chi connectivity index (χ1n) is 30.3. The zero-order chi connectivity index (χ0) is 62.6. The summed E-state index contributed by atoms with van der Waals surface area (Å²) in [6, 6.07) is 52.4. The molecule has 0 spiro atoms. The average Bonchev–Trinajstić information content (AvgIpc) is 1.58. The van der Waals surface area contributed by atoms with Gasteiger partial charge in [-0.2, -0.15) is 13.7 Å². The van der Waals surface area contributed by atoms with Crippen molar-refractivity contribution >= 4 is 135 Å². The normalized spacial score (nSPS) is 19.8. The van der Waals surface area contributed by atoms with E-state index in [4.69, 9.17) is 23.2 Å². The van der Waals surface area contributed by atoms with Crippen LogP contribution in [0.3, 0.4) is 0 Å². The molecule has 6 aliphatic rings. The molecule has 0 bridgehead atoms. The standard InChI is InChI=1S/C31H31N2.C23H25BrClN2.C23H25ClIN2.3ClH/c1-30(2)26(32(5)24-17-15-20-11-7-9-13-22(20)28(24)30)19-27-31(3,4)29-23-14-10-8-12-21(23)16-18-25(29)33(27)6;2*1-22(2)16-11-14(24)7-9-18(16)26(5)20(22)13-21-23(3,4)17-12-15(25)8-10-19(17)27(21)6;;;/h7-19H,1-6H3;2*7-13H,1-6H3;3*1H/q3*+1;;;/p-3. The summed E-state index contributed by atoms with van der Waals surface area (Å²) in [5.41, 5.74) is 23.3. The van der Waals surface area contributed by atoms with Crippen LogP contribution in [-0.4, -0.2) is 73.1 Å². The second-order valence-electron chi connectivity index (χ2n) is 27.9. The maximum Gasteiger partial charge on any atom is 0.210 e. The maximum absolute atomic E-state index is 6.31. The van der Waals surface area contributed by atoms with Gasteiger partial charge in [-0.05, 0) is 175 Å². The Hall–Kier alpha value is -5.43. The third-order valence-corrected chi connectivity index (χ3v) is 22.2. The molecular formula is C77H81BrCl5IN6. The smallest absolute Gasteiger partial charge is 0.210 e. The molecule has 468 valence electrons. The predicted octanol–water partition coefficient (Wildman–Crippen LogP) is 11.0. The van der Waals surface area contributed by atoms with E-state index in [1.807, 2.05) is 12.1 Å². The number of nitrogens with zero attached hydrogens (tertiary/aromatic N) is 6. The number of halogens is 7. The highest BCUT2D eigenvalue weighted by Gasteiger charge is 2.50. The number of allylic oxidation sites excluding steroid dienone is 6. The first kappa shape index (κ1) is 68.9. The van der Waals surface area contributed by atoms with Gasteiger partial charge in [-0.1, -0.05) is 135 Å². The number of benzene rings is 8. The highest BCUT2D eigenvalue weighted by Crippen LogP contribution is 2.54. The van der Waals surface area contributed by atoms with E-state index in [9.17, 15) is 0 Å². The molecule has 0 amide bonds. The molecule has 90 heavy (non-hydrogen) atoms. The molecule has 0 saturated heterocycles. The fraction of sp³-hybridized carbons (Fsp3) is 0.312. The van der Waals surface area contributed by atoms with Crippen LogP contribution in [-0.2, 0) is 32.5 Å². The molecule has 13 heteroatoms. The Kier molecular flexibility index (Phi) is 18.5. The Balaban J connectivity index is 0.000000159. The number of fused-ring (bicyclic) bond motifs is 10. The minimum Gasteiger partial charge on any atom is -1.00 e. The Labute approximate surface area is 585 Å². The van der Waals surface area contributed by atoms with Crippen molar-refractivity contribution in [3.8, 4) is 0 Å². The third kappa shape index (κ3) is 10.7. The predicted molar refractivity (Wildman–Crippen MR) is 384 cm³/mol. The molecule has 0 unspecified atom stereocenters. The molecule has 6 nitrogen and oxygen atoms in total. The van der Waals surface area contributed by atoms with Crippen molar-refractivity contribution in [1.82, 2.24) is 0 Å². The van der Waals surface area contributed by atoms with E-state index in [1.54, 1.807) is 0 Å². The van der Waals surface area contributed by atoms with Crippen LogP contribution < -0.4 is 51.9 Å². The molecule has 0 aromatic heterocycles. The van der Waals surface area contributed by atoms with Gasteiger partial charge in [0, 0.05) is 143 Å². The summed E-state index contributed by atoms with van der Waals surface area (Å²) in [6.45, 7) is 27.9. The first-order valence-corrected chi connectivity index (χ1v) is 32.9. The van der Waals surface area contributed by atoms with Gasteiger partial charge < -0.3 is 51.9 Å². The van der Waals surface area contributed by atoms with Crippen molar-refractivity contribution in [3.05, 3.63) is 232 Å². The van der Waals surface area contributed by atoms with E-state index in [-0.39, 0.29) is 69.7 Å². The summed E-state index contributed by atoms with van der Waals surface area (Å²) >= 11 is 18.7. The summed E-state index contributed by atoms with van der Waals surface area (Å²) < 4.78 is 9.48. The fourth-order valence-electron chi connectivity index (χ4n) is 15.8. The van der Waals surface area contributed by atoms with Gasteiger partial charge >= 0.3 is 0 Å². The molecule has 14 rings (SSSR count). The Bertz CT molecular complexity index is 4330. The number of likely N-dealkylation sites (N-methyl/N-ethyl adjacent to an activating group) is 3. The van der Waals surface area contributed by atoms with Gasteiger partial charge in [0.25, 0.3) is 0 Å². The molecule has 0 atom stereocenters. The summed E-state index contributed by atoms with van der Waals surface area (Å²) in [6.07, 6.45) is 7.23. The Morgan fingerprint density at radius 2 is 0.767 bits per heavy atom. The van der Waals surface area contributed by atoms with Crippen LogP contribution in [0.25, 0.3) is 21.5 Å². The van der Waals surface area contributed by atoms with Crippen molar-refractivity contribution in [2.75, 3.05) is 57.0 Å². The lowest BCUT2D eigenvalue weighted by atomic mass is 9.76. The highest BCUT2D eigenvalue weighted by molar-refractivity contribution is 14.1. The fourth-order valence-corrected chi connectivity index (χ4v) is 16.9. The van der Waals surface area contributed by atoms with Crippen LogP contribution in [0, 0.1) is 3.57 Å². The monoisotopic (exact) mass is 1470 g/mol. The number of hydrogen-bond donors (Lipinski definition) is 0. The molecule has 6 heterocycles. The molecule has 0 saturated carbocycles. The van der Waals surface area contributed by atoms with E-state index in [2.05, 4.69) is 344 Å². The van der Waals surface area contributed by atoms with Gasteiger partial charge in [0.2, 0.25) is 17.1 Å². The summed E-state index contributed by atoms with van der Waals surface area (Å²) in [5, 5.41) is 6.92. The SMILES string of the molecule is CN1C(=CC2=[N+](C)c3ccc(Br)cc3C2(C)C)C(C)(C)c2cc(Cl)ccc21.CN1C(=CC2=[N+](C)c3ccc(I)cc3C2(C)C)C(C)(C)c2cc(Cl)ccc21.CN1C(=CC2=[N+](C)c3ccc4ccccc4c3C2(C)C)C(C)(C)c2c1ccc1ccccc21.[Cl-].[Cl-].[Cl-]. The van der Waals surface area contributed by atoms with E-state index in [1.165, 1.54) is 127 Å². The average molecular weight is 1470 g/mol. The van der Waals surface area contributed by atoms with Crippen LogP contribution in [0.4, 0.5) is 34.1 Å². The maximum atomic E-state index is 6.31. The first-order chi connectivity index (χ1) is 40.8. The van der Waals surface area contributed by atoms with Gasteiger partial charge in [0.15, 0.2) is 17.1 Å². The largest absolute Gasteiger partial charge is 1.00 e. The van der Waals surface area contributed by atoms with Gasteiger partial charge in [0.1, 0.15) is 21.1 Å². The molecule has 8 aromatic rings. The quantitative estimate of drug-likeness (QED) is 0.130. The number of rotatable bonds is 3. The van der Waals surface area contributed by atoms with Crippen molar-refractivity contribution in [3.63, 3.8) is 0 Å². The van der Waals surface area contributed by atoms with E-state index >= 15 is 0 Å². The van der Waals surface area contributed by atoms with Gasteiger partial charge in [-0.3, -0.25) is 0 Å². The van der Waals surface area contributed by atoms with Crippen LogP contribution in [0.2, 0.25) is 10.0 Å². The lowest BCUT2D eigenvalue weighted by Crippen LogP contribution is -3.00. The zero-order valence-electron chi connectivity index (χ0n) is 54.9. The molecular weight excluding hydrogens is 1390 g/mol. The second-order valence-corrected chi connectivity index (χ2v) is 30.9. The Morgan fingerprint density at radius 1 is 0.389 bits per heavy atom.